The maximum atomic E-state index is 5.36. The van der Waals surface area contributed by atoms with E-state index in [1.807, 2.05) is 54.7 Å². The minimum absolute atomic E-state index is 0.949. The smallest absolute Gasteiger partial charge is 0.198 e. The van der Waals surface area contributed by atoms with Crippen LogP contribution in [0.5, 0.6) is 0 Å². The fourth-order valence-electron chi connectivity index (χ4n) is 1.30. The molecular formula is C14H18N3+. The van der Waals surface area contributed by atoms with E-state index < -0.39 is 0 Å². The van der Waals surface area contributed by atoms with E-state index in [-0.39, 0.29) is 0 Å². The number of anilines is 1. The monoisotopic (exact) mass is 228 g/mol. The minimum atomic E-state index is 0.949. The van der Waals surface area contributed by atoms with E-state index in [9.17, 15) is 0 Å². The van der Waals surface area contributed by atoms with E-state index in [2.05, 4.69) is 11.7 Å². The molecule has 1 rings (SSSR count). The van der Waals surface area contributed by atoms with Gasteiger partial charge in [-0.1, -0.05) is 30.9 Å². The topological polar surface area (TPSA) is 43.2 Å². The van der Waals surface area contributed by atoms with Crippen LogP contribution in [0.2, 0.25) is 0 Å². The van der Waals surface area contributed by atoms with Crippen LogP contribution in [0, 0.1) is 0 Å². The van der Waals surface area contributed by atoms with Gasteiger partial charge in [-0.15, -0.1) is 5.10 Å². The Balaban J connectivity index is 2.76. The van der Waals surface area contributed by atoms with Crippen LogP contribution in [0.3, 0.4) is 0 Å². The molecule has 0 saturated heterocycles. The molecule has 0 heterocycles. The van der Waals surface area contributed by atoms with Gasteiger partial charge in [0.1, 0.15) is 0 Å². The van der Waals surface area contributed by atoms with Crippen LogP contribution < -0.4 is 15.8 Å². The van der Waals surface area contributed by atoms with Crippen LogP contribution in [0.1, 0.15) is 0 Å². The Morgan fingerprint density at radius 1 is 1.35 bits per heavy atom. The second kappa shape index (κ2) is 7.06. The summed E-state index contributed by atoms with van der Waals surface area (Å²) >= 11 is 0. The Labute approximate surface area is 102 Å². The predicted octanol–water partition coefficient (Wildman–Crippen LogP) is 0.774. The van der Waals surface area contributed by atoms with Gasteiger partial charge in [0.2, 0.25) is 0 Å². The van der Waals surface area contributed by atoms with Crippen LogP contribution in [-0.4, -0.2) is 13.3 Å². The molecule has 0 saturated carbocycles. The summed E-state index contributed by atoms with van der Waals surface area (Å²) in [6, 6.07) is 10.0. The number of hydrazine groups is 1. The molecule has 3 heteroatoms. The van der Waals surface area contributed by atoms with Gasteiger partial charge in [0, 0.05) is 5.57 Å². The van der Waals surface area contributed by atoms with Gasteiger partial charge in [0.05, 0.1) is 12.7 Å². The summed E-state index contributed by atoms with van der Waals surface area (Å²) in [6.45, 7) is 3.66. The van der Waals surface area contributed by atoms with Gasteiger partial charge in [0.15, 0.2) is 6.21 Å². The molecule has 0 unspecified atom stereocenters. The van der Waals surface area contributed by atoms with Gasteiger partial charge in [-0.05, 0) is 30.5 Å². The number of hydrazone groups is 1. The van der Waals surface area contributed by atoms with Gasteiger partial charge < -0.3 is 5.73 Å². The molecule has 88 valence electrons. The number of rotatable bonds is 5. The summed E-state index contributed by atoms with van der Waals surface area (Å²) in [6.07, 6.45) is 8.74. The second-order valence-electron chi connectivity index (χ2n) is 3.43. The van der Waals surface area contributed by atoms with E-state index >= 15 is 0 Å². The molecule has 1 aromatic rings. The molecule has 0 fully saturated rings. The standard InChI is InChI=1S/C14H17N3/c1-3-7-13(10-11-15)12-16-17(2)14-8-5-4-6-9-14/h3-12H,1,15H2,2H3/p+1. The summed E-state index contributed by atoms with van der Waals surface area (Å²) < 4.78 is 0. The van der Waals surface area contributed by atoms with Crippen molar-refractivity contribution in [1.29, 1.82) is 0 Å². The van der Waals surface area contributed by atoms with Crippen molar-refractivity contribution in [1.82, 2.24) is 0 Å². The number of allylic oxidation sites excluding steroid dienone is 4. The van der Waals surface area contributed by atoms with Crippen molar-refractivity contribution in [3.8, 4) is 0 Å². The Bertz CT molecular complexity index is 430. The number of nitrogens with one attached hydrogen (secondary N) is 1. The van der Waals surface area contributed by atoms with Gasteiger partial charge in [0.25, 0.3) is 0 Å². The zero-order valence-corrected chi connectivity index (χ0v) is 10.0. The number of para-hydroxylation sites is 1. The molecule has 0 aliphatic heterocycles. The SMILES string of the molecule is C=CC=C(C=CN)C=[NH+]N(C)c1ccccc1. The van der Waals surface area contributed by atoms with Gasteiger partial charge in [-0.25, -0.2) is 0 Å². The Hall–Kier alpha value is -2.29. The average molecular weight is 228 g/mol. The molecule has 17 heavy (non-hydrogen) atoms. The van der Waals surface area contributed by atoms with Crippen LogP contribution >= 0.6 is 0 Å². The zero-order valence-electron chi connectivity index (χ0n) is 10.0. The lowest BCUT2D eigenvalue weighted by atomic mass is 10.2. The molecule has 0 radical (unpaired) electrons. The first-order valence-corrected chi connectivity index (χ1v) is 5.37. The maximum absolute atomic E-state index is 5.36. The molecule has 0 aliphatic rings. The molecular weight excluding hydrogens is 210 g/mol. The third-order valence-electron chi connectivity index (χ3n) is 2.17. The molecule has 3 N–H and O–H groups in total. The summed E-state index contributed by atoms with van der Waals surface area (Å²) in [5.41, 5.74) is 7.39. The van der Waals surface area contributed by atoms with Crippen molar-refractivity contribution in [3.05, 3.63) is 66.9 Å². The summed E-state index contributed by atoms with van der Waals surface area (Å²) in [4.78, 5) is 0. The lowest BCUT2D eigenvalue weighted by Gasteiger charge is -2.05. The van der Waals surface area contributed by atoms with Crippen LogP contribution in [-0.2, 0) is 0 Å². The van der Waals surface area contributed by atoms with Crippen molar-refractivity contribution in [2.75, 3.05) is 12.1 Å². The lowest BCUT2D eigenvalue weighted by molar-refractivity contribution is -0.462. The number of benzene rings is 1. The highest BCUT2D eigenvalue weighted by Crippen LogP contribution is 2.05. The number of hydrogen-bond acceptors (Lipinski definition) is 2. The van der Waals surface area contributed by atoms with Crippen molar-refractivity contribution >= 4 is 11.9 Å². The highest BCUT2D eigenvalue weighted by atomic mass is 15.4. The molecule has 0 bridgehead atoms. The third-order valence-corrected chi connectivity index (χ3v) is 2.17. The fourth-order valence-corrected chi connectivity index (χ4v) is 1.30. The van der Waals surface area contributed by atoms with E-state index in [4.69, 9.17) is 5.73 Å². The minimum Gasteiger partial charge on any atom is -0.405 e. The highest BCUT2D eigenvalue weighted by Gasteiger charge is 2.00. The van der Waals surface area contributed by atoms with E-state index in [1.54, 1.807) is 12.2 Å². The Morgan fingerprint density at radius 2 is 2.06 bits per heavy atom. The number of nitrogens with zero attached hydrogens (tertiary/aromatic N) is 1. The molecule has 0 aliphatic carbocycles. The predicted molar refractivity (Wildman–Crippen MR) is 73.5 cm³/mol. The van der Waals surface area contributed by atoms with E-state index in [0.717, 1.165) is 11.3 Å². The van der Waals surface area contributed by atoms with Crippen LogP contribution in [0.25, 0.3) is 0 Å². The van der Waals surface area contributed by atoms with Gasteiger partial charge in [-0.3, -0.25) is 0 Å². The maximum Gasteiger partial charge on any atom is 0.198 e. The molecule has 3 nitrogen and oxygen atoms in total. The van der Waals surface area contributed by atoms with Crippen LogP contribution in [0.15, 0.2) is 66.9 Å². The largest absolute Gasteiger partial charge is 0.405 e. The Morgan fingerprint density at radius 3 is 2.65 bits per heavy atom. The molecule has 1 aromatic carbocycles. The first kappa shape index (κ1) is 12.8. The van der Waals surface area contributed by atoms with Crippen molar-refractivity contribution < 1.29 is 5.10 Å². The van der Waals surface area contributed by atoms with Crippen LogP contribution in [0.4, 0.5) is 5.69 Å². The van der Waals surface area contributed by atoms with Crippen molar-refractivity contribution in [3.63, 3.8) is 0 Å². The first-order chi connectivity index (χ1) is 8.27. The number of nitrogens with two attached hydrogens (primary N) is 1. The van der Waals surface area contributed by atoms with E-state index in [1.165, 1.54) is 6.20 Å². The summed E-state index contributed by atoms with van der Waals surface area (Å²) in [5.74, 6) is 0. The average Bonchev–Trinajstić information content (AvgIpc) is 2.37. The second-order valence-corrected chi connectivity index (χ2v) is 3.43. The highest BCUT2D eigenvalue weighted by molar-refractivity contribution is 5.78. The lowest BCUT2D eigenvalue weighted by Crippen LogP contribution is -2.81. The Kier molecular flexibility index (Phi) is 5.31. The van der Waals surface area contributed by atoms with Gasteiger partial charge in [-0.2, -0.15) is 5.01 Å². The molecule has 0 aromatic heterocycles. The van der Waals surface area contributed by atoms with Crippen molar-refractivity contribution in [2.24, 2.45) is 5.73 Å². The first-order valence-electron chi connectivity index (χ1n) is 5.37. The summed E-state index contributed by atoms with van der Waals surface area (Å²) in [7, 11) is 1.95. The van der Waals surface area contributed by atoms with Crippen molar-refractivity contribution in [2.45, 2.75) is 0 Å². The fraction of sp³-hybridized carbons (Fsp3) is 0.0714. The quantitative estimate of drug-likeness (QED) is 0.444. The van der Waals surface area contributed by atoms with Gasteiger partial charge >= 0.3 is 0 Å². The molecule has 0 amide bonds. The molecule has 0 spiro atoms. The number of hydrogen-bond donors (Lipinski definition) is 2. The molecule has 0 atom stereocenters. The normalized spacial score (nSPS) is 12.2. The summed E-state index contributed by atoms with van der Waals surface area (Å²) in [5, 5.41) is 5.07. The zero-order chi connectivity index (χ0) is 12.5. The van der Waals surface area contributed by atoms with E-state index in [0.29, 0.717) is 0 Å². The third kappa shape index (κ3) is 4.38.